The zero-order valence-electron chi connectivity index (χ0n) is 42.0. The fraction of sp³-hybridized carbons (Fsp3) is 0.945. The number of carbonyl (C=O) groups excluding carboxylic acids is 3. The van der Waals surface area contributed by atoms with Gasteiger partial charge in [0.25, 0.3) is 0 Å². The molecule has 61 heavy (non-hydrogen) atoms. The van der Waals surface area contributed by atoms with Crippen molar-refractivity contribution in [3.63, 3.8) is 0 Å². The number of unbranched alkanes of at least 4 members (excludes halogenated alkanes) is 30. The Labute approximate surface area is 380 Å². The van der Waals surface area contributed by atoms with E-state index < -0.39 is 6.10 Å². The Kier molecular flexibility index (Phi) is 45.2. The molecular formula is C55H106O6. The van der Waals surface area contributed by atoms with E-state index in [9.17, 15) is 14.4 Å². The van der Waals surface area contributed by atoms with Gasteiger partial charge in [0.1, 0.15) is 13.2 Å². The number of carbonyl (C=O) groups is 3. The second kappa shape index (κ2) is 46.4. The van der Waals surface area contributed by atoms with E-state index >= 15 is 0 Å². The van der Waals surface area contributed by atoms with Crippen LogP contribution in [0.15, 0.2) is 0 Å². The van der Waals surface area contributed by atoms with E-state index in [1.807, 2.05) is 0 Å². The third-order valence-electron chi connectivity index (χ3n) is 12.8. The van der Waals surface area contributed by atoms with Gasteiger partial charge in [-0.3, -0.25) is 14.4 Å². The van der Waals surface area contributed by atoms with E-state index in [4.69, 9.17) is 14.2 Å². The van der Waals surface area contributed by atoms with E-state index in [0.29, 0.717) is 19.3 Å². The fourth-order valence-electron chi connectivity index (χ4n) is 8.26. The van der Waals surface area contributed by atoms with Crippen molar-refractivity contribution in [2.45, 2.75) is 304 Å². The molecule has 0 aromatic heterocycles. The van der Waals surface area contributed by atoms with Crippen LogP contribution in [0.1, 0.15) is 298 Å². The Morgan fingerprint density at radius 3 is 0.852 bits per heavy atom. The zero-order valence-corrected chi connectivity index (χ0v) is 42.0. The molecule has 0 aliphatic heterocycles. The Bertz CT molecular complexity index is 947. The van der Waals surface area contributed by atoms with Gasteiger partial charge in [0.15, 0.2) is 6.10 Å². The molecule has 0 heterocycles. The molecule has 0 saturated heterocycles. The third kappa shape index (κ3) is 47.7. The van der Waals surface area contributed by atoms with Crippen LogP contribution in [0.25, 0.3) is 0 Å². The summed E-state index contributed by atoms with van der Waals surface area (Å²) in [4.78, 5) is 38.0. The molecule has 0 N–H and O–H groups in total. The second-order valence-electron chi connectivity index (χ2n) is 20.1. The Hall–Kier alpha value is -1.59. The summed E-state index contributed by atoms with van der Waals surface area (Å²) < 4.78 is 16.9. The van der Waals surface area contributed by atoms with Crippen molar-refractivity contribution in [2.24, 2.45) is 17.8 Å². The first-order chi connectivity index (χ1) is 29.6. The van der Waals surface area contributed by atoms with Gasteiger partial charge in [-0.1, -0.05) is 260 Å². The van der Waals surface area contributed by atoms with Crippen LogP contribution in [0.5, 0.6) is 0 Å². The summed E-state index contributed by atoms with van der Waals surface area (Å²) in [6.45, 7) is 13.8. The van der Waals surface area contributed by atoms with Crippen molar-refractivity contribution in [2.75, 3.05) is 13.2 Å². The third-order valence-corrected chi connectivity index (χ3v) is 12.8. The van der Waals surface area contributed by atoms with Crippen molar-refractivity contribution in [1.82, 2.24) is 0 Å². The average molecular weight is 863 g/mol. The highest BCUT2D eigenvalue weighted by Gasteiger charge is 2.19. The summed E-state index contributed by atoms with van der Waals surface area (Å²) >= 11 is 0. The first-order valence-electron chi connectivity index (χ1n) is 27.1. The van der Waals surface area contributed by atoms with Gasteiger partial charge in [-0.05, 0) is 37.0 Å². The van der Waals surface area contributed by atoms with Crippen molar-refractivity contribution in [3.05, 3.63) is 0 Å². The van der Waals surface area contributed by atoms with Crippen LogP contribution in [0, 0.1) is 17.8 Å². The first-order valence-corrected chi connectivity index (χ1v) is 27.1. The molecule has 0 bridgehead atoms. The summed E-state index contributed by atoms with van der Waals surface area (Å²) in [7, 11) is 0. The van der Waals surface area contributed by atoms with Crippen molar-refractivity contribution in [1.29, 1.82) is 0 Å². The number of hydrogen-bond acceptors (Lipinski definition) is 6. The Morgan fingerprint density at radius 2 is 0.574 bits per heavy atom. The van der Waals surface area contributed by atoms with E-state index in [-0.39, 0.29) is 31.1 Å². The van der Waals surface area contributed by atoms with Crippen LogP contribution in [-0.4, -0.2) is 37.2 Å². The molecular weight excluding hydrogens is 757 g/mol. The topological polar surface area (TPSA) is 78.9 Å². The Balaban J connectivity index is 4.33. The highest BCUT2D eigenvalue weighted by molar-refractivity contribution is 5.71. The molecule has 0 aromatic rings. The van der Waals surface area contributed by atoms with E-state index in [1.54, 1.807) is 0 Å². The normalized spacial score (nSPS) is 12.6. The maximum absolute atomic E-state index is 12.8. The summed E-state index contributed by atoms with van der Waals surface area (Å²) in [6, 6.07) is 0. The second-order valence-corrected chi connectivity index (χ2v) is 20.1. The number of rotatable bonds is 48. The van der Waals surface area contributed by atoms with Gasteiger partial charge < -0.3 is 14.2 Å². The van der Waals surface area contributed by atoms with Crippen molar-refractivity contribution in [3.8, 4) is 0 Å². The quantitative estimate of drug-likeness (QED) is 0.0344. The van der Waals surface area contributed by atoms with Gasteiger partial charge in [-0.15, -0.1) is 0 Å². The summed E-state index contributed by atoms with van der Waals surface area (Å²) in [5, 5.41) is 0. The standard InChI is InChI=1S/C55H106O6/c1-7-51(6)43-37-31-25-19-15-16-21-27-33-39-45-54(57)60-48-52(47-59-53(56)44-38-32-26-20-14-10-12-18-24-30-36-42-50(4)5)61-55(58)46-40-34-28-22-13-9-8-11-17-23-29-35-41-49(2)3/h49-52H,7-48H2,1-6H3/t51?,52-/m0/s1. The van der Waals surface area contributed by atoms with Crippen LogP contribution < -0.4 is 0 Å². The molecule has 0 aliphatic carbocycles. The maximum Gasteiger partial charge on any atom is 0.306 e. The molecule has 362 valence electrons. The largest absolute Gasteiger partial charge is 0.462 e. The lowest BCUT2D eigenvalue weighted by Crippen LogP contribution is -2.30. The van der Waals surface area contributed by atoms with E-state index in [0.717, 1.165) is 75.5 Å². The predicted molar refractivity (Wildman–Crippen MR) is 261 cm³/mol. The van der Waals surface area contributed by atoms with Gasteiger partial charge in [-0.2, -0.15) is 0 Å². The maximum atomic E-state index is 12.8. The van der Waals surface area contributed by atoms with E-state index in [1.165, 1.54) is 180 Å². The lowest BCUT2D eigenvalue weighted by Gasteiger charge is -2.18. The SMILES string of the molecule is CCC(C)CCCCCCCCCCCCC(=O)OC[C@H](COC(=O)CCCCCCCCCCCCCC(C)C)OC(=O)CCCCCCCCCCCCCCC(C)C. The van der Waals surface area contributed by atoms with Crippen LogP contribution >= 0.6 is 0 Å². The molecule has 1 unspecified atom stereocenters. The molecule has 0 fully saturated rings. The molecule has 0 aromatic carbocycles. The lowest BCUT2D eigenvalue weighted by molar-refractivity contribution is -0.167. The monoisotopic (exact) mass is 863 g/mol. The number of esters is 3. The molecule has 0 amide bonds. The highest BCUT2D eigenvalue weighted by atomic mass is 16.6. The molecule has 0 rings (SSSR count). The molecule has 6 nitrogen and oxygen atoms in total. The summed E-state index contributed by atoms with van der Waals surface area (Å²) in [5.41, 5.74) is 0. The van der Waals surface area contributed by atoms with E-state index in [2.05, 4.69) is 41.5 Å². The minimum Gasteiger partial charge on any atom is -0.462 e. The molecule has 2 atom stereocenters. The van der Waals surface area contributed by atoms with Crippen LogP contribution in [-0.2, 0) is 28.6 Å². The molecule has 0 aliphatic rings. The van der Waals surface area contributed by atoms with Crippen LogP contribution in [0.2, 0.25) is 0 Å². The minimum atomic E-state index is -0.763. The highest BCUT2D eigenvalue weighted by Crippen LogP contribution is 2.18. The smallest absolute Gasteiger partial charge is 0.306 e. The Morgan fingerprint density at radius 1 is 0.328 bits per heavy atom. The molecule has 0 radical (unpaired) electrons. The van der Waals surface area contributed by atoms with Gasteiger partial charge >= 0.3 is 17.9 Å². The predicted octanol–water partition coefficient (Wildman–Crippen LogP) is 17.6. The number of hydrogen-bond donors (Lipinski definition) is 0. The van der Waals surface area contributed by atoms with Crippen LogP contribution in [0.4, 0.5) is 0 Å². The molecule has 0 spiro atoms. The summed E-state index contributed by atoms with van der Waals surface area (Å²) in [6.07, 6.45) is 46.5. The molecule has 0 saturated carbocycles. The first kappa shape index (κ1) is 59.4. The fourth-order valence-corrected chi connectivity index (χ4v) is 8.26. The average Bonchev–Trinajstić information content (AvgIpc) is 3.23. The minimum absolute atomic E-state index is 0.0644. The van der Waals surface area contributed by atoms with Crippen LogP contribution in [0.3, 0.4) is 0 Å². The van der Waals surface area contributed by atoms with Gasteiger partial charge in [-0.25, -0.2) is 0 Å². The summed E-state index contributed by atoms with van der Waals surface area (Å²) in [5.74, 6) is 1.68. The van der Waals surface area contributed by atoms with Gasteiger partial charge in [0, 0.05) is 19.3 Å². The van der Waals surface area contributed by atoms with Crippen molar-refractivity contribution < 1.29 is 28.6 Å². The lowest BCUT2D eigenvalue weighted by atomic mass is 9.99. The zero-order chi connectivity index (χ0) is 44.9. The number of ether oxygens (including phenoxy) is 3. The molecule has 6 heteroatoms. The van der Waals surface area contributed by atoms with Gasteiger partial charge in [0.05, 0.1) is 0 Å². The van der Waals surface area contributed by atoms with Gasteiger partial charge in [0.2, 0.25) is 0 Å². The van der Waals surface area contributed by atoms with Crippen molar-refractivity contribution >= 4 is 17.9 Å².